The molecule has 2 aliphatic rings. The summed E-state index contributed by atoms with van der Waals surface area (Å²) in [5.41, 5.74) is 0.178. The van der Waals surface area contributed by atoms with Crippen molar-refractivity contribution in [3.63, 3.8) is 0 Å². The summed E-state index contributed by atoms with van der Waals surface area (Å²) in [6.45, 7) is 13.4. The number of alkyl carbamates (subject to hydrolysis) is 1. The summed E-state index contributed by atoms with van der Waals surface area (Å²) in [6, 6.07) is 4.32. The molecule has 1 aromatic rings. The number of hydrogen-bond donors (Lipinski definition) is 1. The van der Waals surface area contributed by atoms with Crippen LogP contribution in [0, 0.1) is 0 Å². The van der Waals surface area contributed by atoms with Gasteiger partial charge in [0.1, 0.15) is 12.2 Å². The third-order valence-electron chi connectivity index (χ3n) is 5.36. The number of aromatic nitrogens is 1. The van der Waals surface area contributed by atoms with E-state index in [1.54, 1.807) is 23.0 Å². The van der Waals surface area contributed by atoms with Gasteiger partial charge in [-0.3, -0.25) is 0 Å². The summed E-state index contributed by atoms with van der Waals surface area (Å²) in [4.78, 5) is 33.1. The van der Waals surface area contributed by atoms with Crippen LogP contribution < -0.4 is 10.1 Å². The van der Waals surface area contributed by atoms with Gasteiger partial charge in [0, 0.05) is 63.0 Å². The van der Waals surface area contributed by atoms with Crippen molar-refractivity contribution in [1.82, 2.24) is 24.4 Å². The number of urea groups is 1. The highest BCUT2D eigenvalue weighted by atomic mass is 32.2. The van der Waals surface area contributed by atoms with Crippen molar-refractivity contribution in [3.8, 4) is 5.88 Å². The van der Waals surface area contributed by atoms with Gasteiger partial charge in [-0.25, -0.2) is 18.9 Å². The minimum atomic E-state index is -0.536. The molecule has 2 fully saturated rings. The molecule has 1 aromatic heterocycles. The number of amides is 3. The van der Waals surface area contributed by atoms with Gasteiger partial charge in [-0.2, -0.15) is 0 Å². The van der Waals surface area contributed by atoms with Crippen LogP contribution in [0.5, 0.6) is 5.88 Å². The molecule has 0 atom stereocenters. The van der Waals surface area contributed by atoms with E-state index in [1.807, 2.05) is 44.9 Å². The van der Waals surface area contributed by atoms with E-state index in [0.717, 1.165) is 43.9 Å². The number of nitrogens with zero attached hydrogens (tertiary/aromatic N) is 4. The third kappa shape index (κ3) is 7.82. The predicted molar refractivity (Wildman–Crippen MR) is 128 cm³/mol. The number of rotatable bonds is 8. The Bertz CT molecular complexity index is 834. The first-order chi connectivity index (χ1) is 15.6. The van der Waals surface area contributed by atoms with Crippen LogP contribution in [-0.4, -0.2) is 89.2 Å². The third-order valence-corrected chi connectivity index (χ3v) is 6.44. The lowest BCUT2D eigenvalue weighted by molar-refractivity contribution is 0.0531. The molecule has 2 aliphatic heterocycles. The van der Waals surface area contributed by atoms with Gasteiger partial charge in [0.15, 0.2) is 0 Å². The topological polar surface area (TPSA) is 87.2 Å². The SMILES string of the molecule is C=C(CNC(=O)OC(C)(C)C)COc1ccc(SN2CCC(N3CCN(C)C3=O)CC2)cn1. The zero-order valence-corrected chi connectivity index (χ0v) is 20.8. The summed E-state index contributed by atoms with van der Waals surface area (Å²) in [5.74, 6) is 0.508. The Labute approximate surface area is 200 Å². The Kier molecular flexibility index (Phi) is 8.47. The molecule has 3 heterocycles. The van der Waals surface area contributed by atoms with Crippen LogP contribution in [0.2, 0.25) is 0 Å². The lowest BCUT2D eigenvalue weighted by Crippen LogP contribution is -2.44. The largest absolute Gasteiger partial charge is 0.473 e. The lowest BCUT2D eigenvalue weighted by atomic mass is 10.1. The first kappa shape index (κ1) is 25.2. The smallest absolute Gasteiger partial charge is 0.407 e. The molecule has 10 heteroatoms. The number of ether oxygens (including phenoxy) is 2. The molecule has 0 saturated carbocycles. The van der Waals surface area contributed by atoms with Gasteiger partial charge in [0.05, 0.1) is 0 Å². The van der Waals surface area contributed by atoms with E-state index in [4.69, 9.17) is 9.47 Å². The van der Waals surface area contributed by atoms with Crippen LogP contribution >= 0.6 is 11.9 Å². The predicted octanol–water partition coefficient (Wildman–Crippen LogP) is 3.38. The maximum Gasteiger partial charge on any atom is 0.407 e. The van der Waals surface area contributed by atoms with Crippen LogP contribution in [0.3, 0.4) is 0 Å². The van der Waals surface area contributed by atoms with Gasteiger partial charge in [0.25, 0.3) is 0 Å². The normalized spacial score (nSPS) is 17.9. The number of pyridine rings is 1. The summed E-state index contributed by atoms with van der Waals surface area (Å²) in [7, 11) is 1.87. The number of carbonyl (C=O) groups is 2. The van der Waals surface area contributed by atoms with Gasteiger partial charge in [-0.05, 0) is 57.2 Å². The summed E-state index contributed by atoms with van der Waals surface area (Å²) in [5, 5.41) is 2.66. The van der Waals surface area contributed by atoms with E-state index in [2.05, 4.69) is 21.2 Å². The van der Waals surface area contributed by atoms with Crippen LogP contribution in [0.15, 0.2) is 35.4 Å². The molecule has 3 amide bonds. The highest BCUT2D eigenvalue weighted by Crippen LogP contribution is 2.29. The molecule has 0 unspecified atom stereocenters. The van der Waals surface area contributed by atoms with Gasteiger partial charge >= 0.3 is 12.1 Å². The average molecular weight is 478 g/mol. The molecular weight excluding hydrogens is 442 g/mol. The number of hydrogen-bond acceptors (Lipinski definition) is 7. The second kappa shape index (κ2) is 11.1. The van der Waals surface area contributed by atoms with Crippen molar-refractivity contribution in [3.05, 3.63) is 30.5 Å². The number of likely N-dealkylation sites (N-methyl/N-ethyl adjacent to an activating group) is 1. The maximum atomic E-state index is 12.2. The summed E-state index contributed by atoms with van der Waals surface area (Å²) < 4.78 is 13.2. The molecular formula is C23H35N5O4S. The fraction of sp³-hybridized carbons (Fsp3) is 0.609. The van der Waals surface area contributed by atoms with E-state index < -0.39 is 11.7 Å². The Hall–Kier alpha value is -2.46. The van der Waals surface area contributed by atoms with E-state index in [0.29, 0.717) is 17.5 Å². The highest BCUT2D eigenvalue weighted by molar-refractivity contribution is 7.97. The maximum absolute atomic E-state index is 12.2. The lowest BCUT2D eigenvalue weighted by Gasteiger charge is -2.35. The molecule has 0 bridgehead atoms. The van der Waals surface area contributed by atoms with Crippen molar-refractivity contribution in [2.24, 2.45) is 0 Å². The van der Waals surface area contributed by atoms with E-state index >= 15 is 0 Å². The number of carbonyl (C=O) groups excluding carboxylic acids is 2. The fourth-order valence-corrected chi connectivity index (χ4v) is 4.57. The van der Waals surface area contributed by atoms with Crippen molar-refractivity contribution < 1.29 is 19.1 Å². The van der Waals surface area contributed by atoms with Gasteiger partial charge in [0.2, 0.25) is 5.88 Å². The van der Waals surface area contributed by atoms with E-state index in [9.17, 15) is 9.59 Å². The first-order valence-corrected chi connectivity index (χ1v) is 12.0. The Morgan fingerprint density at radius 2 is 1.97 bits per heavy atom. The van der Waals surface area contributed by atoms with Crippen molar-refractivity contribution >= 4 is 24.1 Å². The van der Waals surface area contributed by atoms with E-state index in [1.165, 1.54) is 0 Å². The number of piperidine rings is 1. The highest BCUT2D eigenvalue weighted by Gasteiger charge is 2.33. The standard InChI is InChI=1S/C23H35N5O4S/c1-17(14-25-21(29)32-23(2,3)4)16-31-20-7-6-19(15-24-20)33-27-10-8-18(9-11-27)28-13-12-26(5)22(28)30/h6-7,15,18H,1,8-14,16H2,2-5H3,(H,25,29). The average Bonchev–Trinajstić information content (AvgIpc) is 3.09. The van der Waals surface area contributed by atoms with Crippen molar-refractivity contribution in [2.75, 3.05) is 46.4 Å². The zero-order chi connectivity index (χ0) is 24.0. The molecule has 0 aliphatic carbocycles. The molecule has 0 radical (unpaired) electrons. The summed E-state index contributed by atoms with van der Waals surface area (Å²) in [6.07, 6.45) is 3.29. The molecule has 2 saturated heterocycles. The van der Waals surface area contributed by atoms with Crippen LogP contribution in [0.4, 0.5) is 9.59 Å². The van der Waals surface area contributed by atoms with Crippen LogP contribution in [0.1, 0.15) is 33.6 Å². The fourth-order valence-electron chi connectivity index (χ4n) is 3.65. The Morgan fingerprint density at radius 3 is 2.55 bits per heavy atom. The second-order valence-corrected chi connectivity index (χ2v) is 10.5. The van der Waals surface area contributed by atoms with Crippen LogP contribution in [0.25, 0.3) is 0 Å². The first-order valence-electron chi connectivity index (χ1n) is 11.3. The van der Waals surface area contributed by atoms with E-state index in [-0.39, 0.29) is 19.2 Å². The van der Waals surface area contributed by atoms with Gasteiger partial charge in [-0.1, -0.05) is 6.58 Å². The molecule has 9 nitrogen and oxygen atoms in total. The van der Waals surface area contributed by atoms with Gasteiger partial charge in [-0.15, -0.1) is 0 Å². The molecule has 0 spiro atoms. The quantitative estimate of drug-likeness (QED) is 0.454. The molecule has 1 N–H and O–H groups in total. The van der Waals surface area contributed by atoms with Crippen molar-refractivity contribution in [1.29, 1.82) is 0 Å². The molecule has 182 valence electrons. The molecule has 3 rings (SSSR count). The molecule has 33 heavy (non-hydrogen) atoms. The minimum absolute atomic E-state index is 0.157. The molecule has 0 aromatic carbocycles. The zero-order valence-electron chi connectivity index (χ0n) is 20.0. The number of nitrogens with one attached hydrogen (secondary N) is 1. The monoisotopic (exact) mass is 477 g/mol. The van der Waals surface area contributed by atoms with Gasteiger partial charge < -0.3 is 24.6 Å². The van der Waals surface area contributed by atoms with Crippen molar-refractivity contribution in [2.45, 2.75) is 50.2 Å². The van der Waals surface area contributed by atoms with Crippen LogP contribution in [-0.2, 0) is 4.74 Å². The summed E-state index contributed by atoms with van der Waals surface area (Å²) >= 11 is 1.68. The Balaban J connectivity index is 1.35. The minimum Gasteiger partial charge on any atom is -0.473 e. The second-order valence-electron chi connectivity index (χ2n) is 9.38. The Morgan fingerprint density at radius 1 is 1.24 bits per heavy atom.